The first-order chi connectivity index (χ1) is 7.81. The maximum Gasteiger partial charge on any atom is 0.0328 e. The van der Waals surface area contributed by atoms with Gasteiger partial charge in [0.2, 0.25) is 0 Å². The molecule has 0 spiro atoms. The third-order valence-corrected chi connectivity index (χ3v) is 3.44. The van der Waals surface area contributed by atoms with E-state index in [9.17, 15) is 0 Å². The SMILES string of the molecule is C=CC(C)NC1CCCCc2ccccc21. The van der Waals surface area contributed by atoms with Crippen molar-refractivity contribution >= 4 is 0 Å². The van der Waals surface area contributed by atoms with Crippen LogP contribution in [0.25, 0.3) is 0 Å². The zero-order valence-electron chi connectivity index (χ0n) is 10.1. The van der Waals surface area contributed by atoms with Gasteiger partial charge in [0, 0.05) is 12.1 Å². The van der Waals surface area contributed by atoms with Crippen LogP contribution in [0.5, 0.6) is 0 Å². The number of fused-ring (bicyclic) bond motifs is 1. The molecule has 2 rings (SSSR count). The summed E-state index contributed by atoms with van der Waals surface area (Å²) in [5, 5.41) is 3.65. The van der Waals surface area contributed by atoms with Crippen LogP contribution in [0.2, 0.25) is 0 Å². The maximum absolute atomic E-state index is 3.84. The van der Waals surface area contributed by atoms with E-state index in [0.29, 0.717) is 12.1 Å². The Bertz CT molecular complexity index is 356. The van der Waals surface area contributed by atoms with E-state index >= 15 is 0 Å². The summed E-state index contributed by atoms with van der Waals surface area (Å²) in [5.74, 6) is 0. The number of aryl methyl sites for hydroxylation is 1. The van der Waals surface area contributed by atoms with Crippen molar-refractivity contribution in [1.82, 2.24) is 5.32 Å². The average Bonchev–Trinajstić information content (AvgIpc) is 2.52. The second-order valence-electron chi connectivity index (χ2n) is 4.69. The molecule has 0 fully saturated rings. The third-order valence-electron chi connectivity index (χ3n) is 3.44. The van der Waals surface area contributed by atoms with Gasteiger partial charge in [-0.25, -0.2) is 0 Å². The summed E-state index contributed by atoms with van der Waals surface area (Å²) in [5.41, 5.74) is 3.02. The zero-order valence-corrected chi connectivity index (χ0v) is 10.1. The van der Waals surface area contributed by atoms with Gasteiger partial charge in [-0.1, -0.05) is 36.8 Å². The van der Waals surface area contributed by atoms with Crippen LogP contribution in [0.3, 0.4) is 0 Å². The van der Waals surface area contributed by atoms with Crippen molar-refractivity contribution in [2.75, 3.05) is 0 Å². The molecule has 2 atom stereocenters. The Balaban J connectivity index is 2.22. The average molecular weight is 215 g/mol. The molecule has 1 nitrogen and oxygen atoms in total. The first-order valence-corrected chi connectivity index (χ1v) is 6.27. The van der Waals surface area contributed by atoms with E-state index in [4.69, 9.17) is 0 Å². The first-order valence-electron chi connectivity index (χ1n) is 6.27. The monoisotopic (exact) mass is 215 g/mol. The van der Waals surface area contributed by atoms with Crippen molar-refractivity contribution in [3.05, 3.63) is 48.0 Å². The topological polar surface area (TPSA) is 12.0 Å². The van der Waals surface area contributed by atoms with Gasteiger partial charge in [0.1, 0.15) is 0 Å². The Hall–Kier alpha value is -1.08. The summed E-state index contributed by atoms with van der Waals surface area (Å²) < 4.78 is 0. The van der Waals surface area contributed by atoms with Gasteiger partial charge in [0.15, 0.2) is 0 Å². The van der Waals surface area contributed by atoms with Gasteiger partial charge < -0.3 is 5.32 Å². The van der Waals surface area contributed by atoms with Gasteiger partial charge in [-0.2, -0.15) is 0 Å². The zero-order chi connectivity index (χ0) is 11.4. The second kappa shape index (κ2) is 5.31. The Kier molecular flexibility index (Phi) is 3.79. The summed E-state index contributed by atoms with van der Waals surface area (Å²) >= 11 is 0. The summed E-state index contributed by atoms with van der Waals surface area (Å²) in [6, 6.07) is 9.74. The summed E-state index contributed by atoms with van der Waals surface area (Å²) in [6.45, 7) is 6.01. The smallest absolute Gasteiger partial charge is 0.0328 e. The van der Waals surface area contributed by atoms with Crippen LogP contribution >= 0.6 is 0 Å². The molecule has 0 amide bonds. The van der Waals surface area contributed by atoms with E-state index in [0.717, 1.165) is 0 Å². The van der Waals surface area contributed by atoms with Crippen molar-refractivity contribution in [1.29, 1.82) is 0 Å². The molecule has 1 aromatic carbocycles. The lowest BCUT2D eigenvalue weighted by molar-refractivity contribution is 0.466. The molecule has 0 saturated heterocycles. The van der Waals surface area contributed by atoms with Crippen LogP contribution in [-0.4, -0.2) is 6.04 Å². The molecule has 2 unspecified atom stereocenters. The van der Waals surface area contributed by atoms with E-state index in [2.05, 4.69) is 43.1 Å². The van der Waals surface area contributed by atoms with Crippen LogP contribution in [0.1, 0.15) is 43.4 Å². The highest BCUT2D eigenvalue weighted by Gasteiger charge is 2.18. The van der Waals surface area contributed by atoms with E-state index in [-0.39, 0.29) is 0 Å². The van der Waals surface area contributed by atoms with E-state index in [1.807, 2.05) is 6.08 Å². The molecule has 1 heteroatoms. The molecule has 1 aromatic rings. The Morgan fingerprint density at radius 2 is 2.19 bits per heavy atom. The van der Waals surface area contributed by atoms with Crippen LogP contribution in [-0.2, 0) is 6.42 Å². The van der Waals surface area contributed by atoms with Crippen LogP contribution < -0.4 is 5.32 Å². The quantitative estimate of drug-likeness (QED) is 0.600. The molecule has 16 heavy (non-hydrogen) atoms. The van der Waals surface area contributed by atoms with Crippen LogP contribution in [0, 0.1) is 0 Å². The minimum Gasteiger partial charge on any atom is -0.304 e. The van der Waals surface area contributed by atoms with Crippen molar-refractivity contribution in [3.8, 4) is 0 Å². The van der Waals surface area contributed by atoms with Crippen LogP contribution in [0.4, 0.5) is 0 Å². The predicted molar refractivity (Wildman–Crippen MR) is 69.5 cm³/mol. The molecular formula is C15H21N. The fourth-order valence-corrected chi connectivity index (χ4v) is 2.48. The lowest BCUT2D eigenvalue weighted by Crippen LogP contribution is -2.29. The van der Waals surface area contributed by atoms with Gasteiger partial charge in [0.25, 0.3) is 0 Å². The fourth-order valence-electron chi connectivity index (χ4n) is 2.48. The molecule has 86 valence electrons. The molecule has 0 bridgehead atoms. The van der Waals surface area contributed by atoms with Crippen molar-refractivity contribution in [3.63, 3.8) is 0 Å². The molecule has 0 saturated carbocycles. The molecule has 0 aliphatic heterocycles. The van der Waals surface area contributed by atoms with Gasteiger partial charge >= 0.3 is 0 Å². The summed E-state index contributed by atoms with van der Waals surface area (Å²) in [7, 11) is 0. The van der Waals surface area contributed by atoms with E-state index in [1.165, 1.54) is 36.8 Å². The lowest BCUT2D eigenvalue weighted by Gasteiger charge is -2.22. The minimum atomic E-state index is 0.385. The van der Waals surface area contributed by atoms with Crippen LogP contribution in [0.15, 0.2) is 36.9 Å². The highest BCUT2D eigenvalue weighted by atomic mass is 14.9. The Morgan fingerprint density at radius 3 is 3.00 bits per heavy atom. The van der Waals surface area contributed by atoms with Gasteiger partial charge in [0.05, 0.1) is 0 Å². The third kappa shape index (κ3) is 2.53. The normalized spacial score (nSPS) is 21.9. The highest BCUT2D eigenvalue weighted by Crippen LogP contribution is 2.28. The van der Waals surface area contributed by atoms with Gasteiger partial charge in [-0.15, -0.1) is 6.58 Å². The molecule has 0 heterocycles. The van der Waals surface area contributed by atoms with Crippen molar-refractivity contribution in [2.45, 2.75) is 44.7 Å². The van der Waals surface area contributed by atoms with Gasteiger partial charge in [-0.3, -0.25) is 0 Å². The molecule has 0 aromatic heterocycles. The standard InChI is InChI=1S/C15H21N/c1-3-12(2)16-15-11-7-5-9-13-8-4-6-10-14(13)15/h3-4,6,8,10,12,15-16H,1,5,7,9,11H2,2H3. The number of hydrogen-bond acceptors (Lipinski definition) is 1. The molecule has 1 aliphatic carbocycles. The summed E-state index contributed by atoms with van der Waals surface area (Å²) in [6.07, 6.45) is 7.09. The van der Waals surface area contributed by atoms with E-state index < -0.39 is 0 Å². The highest BCUT2D eigenvalue weighted by molar-refractivity contribution is 5.31. The molecule has 0 radical (unpaired) electrons. The number of benzene rings is 1. The maximum atomic E-state index is 3.84. The Morgan fingerprint density at radius 1 is 1.38 bits per heavy atom. The number of nitrogens with one attached hydrogen (secondary N) is 1. The largest absolute Gasteiger partial charge is 0.304 e. The Labute approximate surface area is 98.6 Å². The lowest BCUT2D eigenvalue weighted by atomic mass is 9.98. The van der Waals surface area contributed by atoms with Crippen molar-refractivity contribution in [2.24, 2.45) is 0 Å². The van der Waals surface area contributed by atoms with E-state index in [1.54, 1.807) is 0 Å². The molecule has 1 N–H and O–H groups in total. The number of hydrogen-bond donors (Lipinski definition) is 1. The second-order valence-corrected chi connectivity index (χ2v) is 4.69. The van der Waals surface area contributed by atoms with Crippen molar-refractivity contribution < 1.29 is 0 Å². The summed E-state index contributed by atoms with van der Waals surface area (Å²) in [4.78, 5) is 0. The fraction of sp³-hybridized carbons (Fsp3) is 0.467. The molecule has 1 aliphatic rings. The predicted octanol–water partition coefficient (Wildman–Crippen LogP) is 3.62. The van der Waals surface area contributed by atoms with Gasteiger partial charge in [-0.05, 0) is 37.3 Å². The number of rotatable bonds is 3. The minimum absolute atomic E-state index is 0.385. The first kappa shape index (κ1) is 11.4. The molecular weight excluding hydrogens is 194 g/mol.